The van der Waals surface area contributed by atoms with Crippen molar-refractivity contribution in [3.05, 3.63) is 52.0 Å². The average Bonchev–Trinajstić information content (AvgIpc) is 2.63. The highest BCUT2D eigenvalue weighted by Crippen LogP contribution is 2.36. The van der Waals surface area contributed by atoms with Crippen LogP contribution in [0.3, 0.4) is 0 Å². The summed E-state index contributed by atoms with van der Waals surface area (Å²) in [6, 6.07) is 11.0. The summed E-state index contributed by atoms with van der Waals surface area (Å²) in [5.41, 5.74) is 10.4. The van der Waals surface area contributed by atoms with Gasteiger partial charge in [0.05, 0.1) is 17.3 Å². The number of nitrogens with one attached hydrogen (secondary N) is 2. The van der Waals surface area contributed by atoms with Crippen molar-refractivity contribution in [1.29, 1.82) is 0 Å². The number of halogens is 1. The van der Waals surface area contributed by atoms with Gasteiger partial charge in [0, 0.05) is 5.69 Å². The molecule has 2 aromatic rings. The first-order chi connectivity index (χ1) is 13.4. The predicted molar refractivity (Wildman–Crippen MR) is 118 cm³/mol. The lowest BCUT2D eigenvalue weighted by molar-refractivity contribution is -0.118. The molecule has 2 aromatic carbocycles. The van der Waals surface area contributed by atoms with E-state index in [1.807, 2.05) is 38.1 Å². The van der Waals surface area contributed by atoms with E-state index >= 15 is 0 Å². The number of hydrazone groups is 1. The molecule has 0 aliphatic rings. The lowest BCUT2D eigenvalue weighted by Gasteiger charge is -2.14. The number of hydrogen-bond acceptors (Lipinski definition) is 5. The summed E-state index contributed by atoms with van der Waals surface area (Å²) >= 11 is 8.14. The van der Waals surface area contributed by atoms with E-state index in [9.17, 15) is 4.79 Å². The summed E-state index contributed by atoms with van der Waals surface area (Å²) in [5.74, 6) is 0.640. The summed E-state index contributed by atoms with van der Waals surface area (Å²) in [6.45, 7) is 4.11. The Bertz CT molecular complexity index is 872. The molecule has 4 N–H and O–H groups in total. The maximum atomic E-state index is 12.2. The number of anilines is 1. The maximum Gasteiger partial charge on any atom is 0.262 e. The van der Waals surface area contributed by atoms with Crippen molar-refractivity contribution in [3.8, 4) is 11.5 Å². The molecule has 0 radical (unpaired) electrons. The van der Waals surface area contributed by atoms with Crippen molar-refractivity contribution in [2.75, 3.05) is 18.5 Å². The zero-order valence-electron chi connectivity index (χ0n) is 15.5. The fourth-order valence-electron chi connectivity index (χ4n) is 2.21. The molecular weight excluding hydrogens is 444 g/mol. The number of nitrogens with zero attached hydrogens (tertiary/aromatic N) is 1. The van der Waals surface area contributed by atoms with E-state index in [1.165, 1.54) is 0 Å². The standard InChI is InChI=1S/C19H21BrN4O3S/c1-3-26-16-9-13(10-22-24-19(21)28)8-15(20)18(16)27-11-17(25)23-14-6-4-12(2)5-7-14/h4-10H,3,11H2,1-2H3,(H,23,25)(H3,21,24,28). The summed E-state index contributed by atoms with van der Waals surface area (Å²) < 4.78 is 11.9. The Kier molecular flexibility index (Phi) is 8.21. The van der Waals surface area contributed by atoms with Crippen LogP contribution in [0.25, 0.3) is 0 Å². The molecule has 2 rings (SSSR count). The smallest absolute Gasteiger partial charge is 0.262 e. The van der Waals surface area contributed by atoms with Crippen LogP contribution in [0.1, 0.15) is 18.1 Å². The highest BCUT2D eigenvalue weighted by Gasteiger charge is 2.14. The molecule has 0 saturated heterocycles. The Morgan fingerprint density at radius 3 is 2.64 bits per heavy atom. The lowest BCUT2D eigenvalue weighted by Crippen LogP contribution is -2.24. The molecule has 7 nitrogen and oxygen atoms in total. The number of hydrogen-bond donors (Lipinski definition) is 3. The summed E-state index contributed by atoms with van der Waals surface area (Å²) in [7, 11) is 0. The first kappa shape index (κ1) is 21.6. The van der Waals surface area contributed by atoms with Gasteiger partial charge >= 0.3 is 0 Å². The van der Waals surface area contributed by atoms with Gasteiger partial charge in [-0.25, -0.2) is 0 Å². The minimum atomic E-state index is -0.274. The number of rotatable bonds is 8. The lowest BCUT2D eigenvalue weighted by atomic mass is 10.2. The van der Waals surface area contributed by atoms with Gasteiger partial charge in [-0.15, -0.1) is 0 Å². The first-order valence-electron chi connectivity index (χ1n) is 8.43. The van der Waals surface area contributed by atoms with Crippen molar-refractivity contribution < 1.29 is 14.3 Å². The second-order valence-electron chi connectivity index (χ2n) is 5.70. The van der Waals surface area contributed by atoms with Gasteiger partial charge in [0.1, 0.15) is 0 Å². The van der Waals surface area contributed by atoms with E-state index in [1.54, 1.807) is 18.3 Å². The van der Waals surface area contributed by atoms with Crippen LogP contribution < -0.4 is 25.9 Å². The second kappa shape index (κ2) is 10.6. The van der Waals surface area contributed by atoms with Gasteiger partial charge in [-0.3, -0.25) is 10.2 Å². The molecule has 0 heterocycles. The molecule has 0 aliphatic heterocycles. The monoisotopic (exact) mass is 464 g/mol. The van der Waals surface area contributed by atoms with Crippen molar-refractivity contribution in [2.45, 2.75) is 13.8 Å². The topological polar surface area (TPSA) is 98.0 Å². The Hall–Kier alpha value is -2.65. The number of amides is 1. The molecule has 148 valence electrons. The van der Waals surface area contributed by atoms with Gasteiger partial charge < -0.3 is 20.5 Å². The molecule has 0 saturated carbocycles. The molecule has 0 atom stereocenters. The third-order valence-electron chi connectivity index (χ3n) is 3.40. The maximum absolute atomic E-state index is 12.2. The normalized spacial score (nSPS) is 10.5. The van der Waals surface area contributed by atoms with E-state index < -0.39 is 0 Å². The Balaban J connectivity index is 2.08. The van der Waals surface area contributed by atoms with Crippen LogP contribution in [0.2, 0.25) is 0 Å². The number of ether oxygens (including phenoxy) is 2. The van der Waals surface area contributed by atoms with Crippen molar-refractivity contribution in [3.63, 3.8) is 0 Å². The first-order valence-corrected chi connectivity index (χ1v) is 9.63. The zero-order chi connectivity index (χ0) is 20.5. The Morgan fingerprint density at radius 1 is 1.29 bits per heavy atom. The highest BCUT2D eigenvalue weighted by atomic mass is 79.9. The van der Waals surface area contributed by atoms with Gasteiger partial charge in [0.15, 0.2) is 23.2 Å². The molecule has 0 fully saturated rings. The molecule has 9 heteroatoms. The largest absolute Gasteiger partial charge is 0.490 e. The number of aryl methyl sites for hydroxylation is 1. The third-order valence-corrected chi connectivity index (χ3v) is 4.08. The summed E-state index contributed by atoms with van der Waals surface area (Å²) in [5, 5.41) is 6.77. The summed E-state index contributed by atoms with van der Waals surface area (Å²) in [4.78, 5) is 12.2. The van der Waals surface area contributed by atoms with Crippen LogP contribution in [-0.4, -0.2) is 30.4 Å². The van der Waals surface area contributed by atoms with Gasteiger partial charge in [-0.05, 0) is 71.8 Å². The molecule has 0 spiro atoms. The second-order valence-corrected chi connectivity index (χ2v) is 6.99. The van der Waals surface area contributed by atoms with Crippen LogP contribution in [0.4, 0.5) is 5.69 Å². The fraction of sp³-hybridized carbons (Fsp3) is 0.211. The predicted octanol–water partition coefficient (Wildman–Crippen LogP) is 3.34. The number of benzene rings is 2. The van der Waals surface area contributed by atoms with Crippen LogP contribution in [0.15, 0.2) is 46.0 Å². The number of nitrogens with two attached hydrogens (primary N) is 1. The van der Waals surface area contributed by atoms with E-state index in [0.717, 1.165) is 11.1 Å². The third kappa shape index (κ3) is 6.82. The van der Waals surface area contributed by atoms with E-state index in [4.69, 9.17) is 27.4 Å². The fourth-order valence-corrected chi connectivity index (χ4v) is 2.83. The van der Waals surface area contributed by atoms with Gasteiger partial charge in [-0.1, -0.05) is 17.7 Å². The SMILES string of the molecule is CCOc1cc(C=NNC(N)=S)cc(Br)c1OCC(=O)Nc1ccc(C)cc1. The molecular formula is C19H21BrN4O3S. The minimum Gasteiger partial charge on any atom is -0.490 e. The number of carbonyl (C=O) groups is 1. The van der Waals surface area contributed by atoms with E-state index in [2.05, 4.69) is 31.8 Å². The molecule has 0 aromatic heterocycles. The van der Waals surface area contributed by atoms with Crippen molar-refractivity contribution in [2.24, 2.45) is 10.8 Å². The van der Waals surface area contributed by atoms with Gasteiger partial charge in [0.2, 0.25) is 0 Å². The molecule has 0 bridgehead atoms. The number of carbonyl (C=O) groups excluding carboxylic acids is 1. The van der Waals surface area contributed by atoms with Crippen LogP contribution >= 0.6 is 28.1 Å². The van der Waals surface area contributed by atoms with Crippen molar-refractivity contribution in [1.82, 2.24) is 5.43 Å². The van der Waals surface area contributed by atoms with Gasteiger partial charge in [0.25, 0.3) is 5.91 Å². The highest BCUT2D eigenvalue weighted by molar-refractivity contribution is 9.10. The van der Waals surface area contributed by atoms with Gasteiger partial charge in [-0.2, -0.15) is 5.10 Å². The van der Waals surface area contributed by atoms with Crippen LogP contribution in [0, 0.1) is 6.92 Å². The number of thiocarbonyl (C=S) groups is 1. The Labute approximate surface area is 177 Å². The molecule has 28 heavy (non-hydrogen) atoms. The molecule has 0 unspecified atom stereocenters. The van der Waals surface area contributed by atoms with E-state index in [-0.39, 0.29) is 17.6 Å². The molecule has 0 aliphatic carbocycles. The van der Waals surface area contributed by atoms with Crippen molar-refractivity contribution >= 4 is 51.1 Å². The summed E-state index contributed by atoms with van der Waals surface area (Å²) in [6.07, 6.45) is 1.54. The van der Waals surface area contributed by atoms with E-state index in [0.29, 0.717) is 28.3 Å². The minimum absolute atomic E-state index is 0.0693. The molecule has 1 amide bonds. The Morgan fingerprint density at radius 2 is 2.00 bits per heavy atom. The average molecular weight is 465 g/mol. The van der Waals surface area contributed by atoms with Crippen LogP contribution in [0.5, 0.6) is 11.5 Å². The van der Waals surface area contributed by atoms with Crippen LogP contribution in [-0.2, 0) is 4.79 Å². The zero-order valence-corrected chi connectivity index (χ0v) is 17.9. The quantitative estimate of drug-likeness (QED) is 0.314.